The summed E-state index contributed by atoms with van der Waals surface area (Å²) in [5.74, 6) is -0.119. The van der Waals surface area contributed by atoms with Crippen LogP contribution in [0.4, 0.5) is 4.39 Å². The van der Waals surface area contributed by atoms with Gasteiger partial charge >= 0.3 is 0 Å². The van der Waals surface area contributed by atoms with Gasteiger partial charge in [-0.1, -0.05) is 19.1 Å². The normalized spacial score (nSPS) is 19.1. The summed E-state index contributed by atoms with van der Waals surface area (Å²) in [6, 6.07) is 5.40. The van der Waals surface area contributed by atoms with Gasteiger partial charge in [-0.05, 0) is 44.5 Å². The molecule has 4 heteroatoms. The van der Waals surface area contributed by atoms with E-state index in [2.05, 4.69) is 17.1 Å². The smallest absolute Gasteiger partial charge is 0.127 e. The summed E-state index contributed by atoms with van der Waals surface area (Å²) >= 11 is 0. The zero-order chi connectivity index (χ0) is 15.1. The lowest BCUT2D eigenvalue weighted by Crippen LogP contribution is -2.33. The highest BCUT2D eigenvalue weighted by molar-refractivity contribution is 5.25. The van der Waals surface area contributed by atoms with E-state index in [0.29, 0.717) is 12.6 Å². The monoisotopic (exact) mass is 294 g/mol. The van der Waals surface area contributed by atoms with Crippen molar-refractivity contribution in [3.05, 3.63) is 35.1 Å². The van der Waals surface area contributed by atoms with Gasteiger partial charge in [-0.25, -0.2) is 4.39 Å². The summed E-state index contributed by atoms with van der Waals surface area (Å²) in [5, 5.41) is 3.27. The van der Waals surface area contributed by atoms with E-state index in [0.717, 1.165) is 43.8 Å². The number of nitrogens with one attached hydrogen (secondary N) is 1. The van der Waals surface area contributed by atoms with Crippen LogP contribution in [-0.2, 0) is 17.8 Å². The Bertz CT molecular complexity index is 433. The molecule has 118 valence electrons. The van der Waals surface area contributed by atoms with E-state index in [-0.39, 0.29) is 5.82 Å². The third-order valence-corrected chi connectivity index (χ3v) is 3.92. The van der Waals surface area contributed by atoms with E-state index in [4.69, 9.17) is 4.74 Å². The molecule has 1 atom stereocenters. The van der Waals surface area contributed by atoms with Gasteiger partial charge in [0.15, 0.2) is 0 Å². The summed E-state index contributed by atoms with van der Waals surface area (Å²) < 4.78 is 19.7. The van der Waals surface area contributed by atoms with E-state index in [1.807, 2.05) is 19.2 Å². The maximum atomic E-state index is 14.0. The van der Waals surface area contributed by atoms with Crippen molar-refractivity contribution in [2.75, 3.05) is 26.7 Å². The molecule has 1 heterocycles. The molecule has 0 saturated carbocycles. The molecule has 1 aromatic carbocycles. The topological polar surface area (TPSA) is 24.5 Å². The summed E-state index contributed by atoms with van der Waals surface area (Å²) in [4.78, 5) is 2.16. The van der Waals surface area contributed by atoms with Crippen LogP contribution in [0.15, 0.2) is 18.2 Å². The van der Waals surface area contributed by atoms with Gasteiger partial charge in [0.25, 0.3) is 0 Å². The molecule has 2 rings (SSSR count). The number of rotatable bonds is 7. The number of hydrogen-bond acceptors (Lipinski definition) is 3. The van der Waals surface area contributed by atoms with Crippen molar-refractivity contribution >= 4 is 0 Å². The molecule has 1 unspecified atom stereocenters. The van der Waals surface area contributed by atoms with Gasteiger partial charge < -0.3 is 10.1 Å². The Labute approximate surface area is 127 Å². The van der Waals surface area contributed by atoms with Crippen molar-refractivity contribution in [2.24, 2.45) is 0 Å². The summed E-state index contributed by atoms with van der Waals surface area (Å²) in [5.41, 5.74) is 1.90. The molecule has 0 aromatic heterocycles. The van der Waals surface area contributed by atoms with Crippen LogP contribution in [0, 0.1) is 5.82 Å². The predicted octanol–water partition coefficient (Wildman–Crippen LogP) is 2.94. The molecule has 1 fully saturated rings. The average molecular weight is 294 g/mol. The molecule has 1 saturated heterocycles. The zero-order valence-electron chi connectivity index (χ0n) is 13.2. The van der Waals surface area contributed by atoms with Crippen LogP contribution in [0.25, 0.3) is 0 Å². The minimum Gasteiger partial charge on any atom is -0.377 e. The molecule has 21 heavy (non-hydrogen) atoms. The van der Waals surface area contributed by atoms with E-state index < -0.39 is 0 Å². The summed E-state index contributed by atoms with van der Waals surface area (Å²) in [6.45, 7) is 6.15. The number of hydrogen-bond donors (Lipinski definition) is 1. The van der Waals surface area contributed by atoms with Gasteiger partial charge in [0.1, 0.15) is 5.82 Å². The fraction of sp³-hybridized carbons (Fsp3) is 0.647. The van der Waals surface area contributed by atoms with Gasteiger partial charge in [-0.2, -0.15) is 0 Å². The maximum Gasteiger partial charge on any atom is 0.127 e. The molecule has 0 bridgehead atoms. The third kappa shape index (κ3) is 5.38. The number of ether oxygens (including phenoxy) is 1. The summed E-state index contributed by atoms with van der Waals surface area (Å²) in [7, 11) is 2.04. The van der Waals surface area contributed by atoms with Crippen LogP contribution in [-0.4, -0.2) is 37.7 Å². The number of likely N-dealkylation sites (N-methyl/N-ethyl adjacent to an activating group) is 1. The van der Waals surface area contributed by atoms with E-state index >= 15 is 0 Å². The highest BCUT2D eigenvalue weighted by Gasteiger charge is 2.16. The highest BCUT2D eigenvalue weighted by Crippen LogP contribution is 2.16. The molecule has 1 aliphatic rings. The molecule has 0 spiro atoms. The highest BCUT2D eigenvalue weighted by atomic mass is 19.1. The molecule has 0 radical (unpaired) electrons. The van der Waals surface area contributed by atoms with Crippen LogP contribution in [0.2, 0.25) is 0 Å². The van der Waals surface area contributed by atoms with E-state index in [1.165, 1.54) is 12.8 Å². The Hall–Kier alpha value is -0.970. The second-order valence-corrected chi connectivity index (χ2v) is 5.89. The third-order valence-electron chi connectivity index (χ3n) is 3.92. The molecule has 0 aliphatic carbocycles. The van der Waals surface area contributed by atoms with E-state index in [1.54, 1.807) is 6.07 Å². The van der Waals surface area contributed by atoms with Crippen molar-refractivity contribution in [1.82, 2.24) is 10.2 Å². The second-order valence-electron chi connectivity index (χ2n) is 5.89. The molecular formula is C17H27FN2O. The molecule has 3 nitrogen and oxygen atoms in total. The maximum absolute atomic E-state index is 14.0. The minimum atomic E-state index is -0.119. The van der Waals surface area contributed by atoms with Crippen molar-refractivity contribution in [3.63, 3.8) is 0 Å². The molecule has 1 aromatic rings. The van der Waals surface area contributed by atoms with Crippen molar-refractivity contribution in [1.29, 1.82) is 0 Å². The quantitative estimate of drug-likeness (QED) is 0.837. The second kappa shape index (κ2) is 8.47. The predicted molar refractivity (Wildman–Crippen MR) is 83.7 cm³/mol. The van der Waals surface area contributed by atoms with Gasteiger partial charge in [0.2, 0.25) is 0 Å². The Morgan fingerprint density at radius 1 is 1.38 bits per heavy atom. The van der Waals surface area contributed by atoms with Gasteiger partial charge in [-0.15, -0.1) is 0 Å². The van der Waals surface area contributed by atoms with Crippen LogP contribution < -0.4 is 5.32 Å². The lowest BCUT2D eigenvalue weighted by molar-refractivity contribution is -0.00272. The molecule has 1 aliphatic heterocycles. The van der Waals surface area contributed by atoms with Gasteiger partial charge in [-0.3, -0.25) is 4.90 Å². The van der Waals surface area contributed by atoms with Gasteiger partial charge in [0, 0.05) is 31.8 Å². The fourth-order valence-electron chi connectivity index (χ4n) is 2.78. The summed E-state index contributed by atoms with van der Waals surface area (Å²) in [6.07, 6.45) is 3.83. The van der Waals surface area contributed by atoms with Crippen molar-refractivity contribution < 1.29 is 9.13 Å². The number of nitrogens with zero attached hydrogens (tertiary/aromatic N) is 1. The van der Waals surface area contributed by atoms with Crippen LogP contribution >= 0.6 is 0 Å². The van der Waals surface area contributed by atoms with Crippen LogP contribution in [0.3, 0.4) is 0 Å². The standard InChI is InChI=1S/C17H27FN2O/c1-3-19-11-14-7-8-17(18)15(10-14)12-20(2)13-16-6-4-5-9-21-16/h7-8,10,16,19H,3-6,9,11-13H2,1-2H3. The first kappa shape index (κ1) is 16.4. The number of halogens is 1. The lowest BCUT2D eigenvalue weighted by atomic mass is 10.1. The molecular weight excluding hydrogens is 267 g/mol. The minimum absolute atomic E-state index is 0.119. The van der Waals surface area contributed by atoms with Gasteiger partial charge in [0.05, 0.1) is 6.10 Å². The zero-order valence-corrected chi connectivity index (χ0v) is 13.2. The Kier molecular flexibility index (Phi) is 6.61. The Morgan fingerprint density at radius 3 is 2.95 bits per heavy atom. The first-order chi connectivity index (χ1) is 10.2. The van der Waals surface area contributed by atoms with E-state index in [9.17, 15) is 4.39 Å². The Balaban J connectivity index is 1.90. The van der Waals surface area contributed by atoms with Crippen molar-refractivity contribution in [3.8, 4) is 0 Å². The first-order valence-electron chi connectivity index (χ1n) is 7.97. The van der Waals surface area contributed by atoms with Crippen molar-refractivity contribution in [2.45, 2.75) is 45.4 Å². The number of benzene rings is 1. The Morgan fingerprint density at radius 2 is 2.24 bits per heavy atom. The average Bonchev–Trinajstić information content (AvgIpc) is 2.49. The first-order valence-corrected chi connectivity index (χ1v) is 7.97. The van der Waals surface area contributed by atoms with Crippen LogP contribution in [0.5, 0.6) is 0 Å². The SMILES string of the molecule is CCNCc1ccc(F)c(CN(C)CC2CCCCO2)c1. The van der Waals surface area contributed by atoms with Crippen LogP contribution in [0.1, 0.15) is 37.3 Å². The molecule has 1 N–H and O–H groups in total. The lowest BCUT2D eigenvalue weighted by Gasteiger charge is -2.27. The molecule has 0 amide bonds. The fourth-order valence-corrected chi connectivity index (χ4v) is 2.78. The largest absolute Gasteiger partial charge is 0.377 e.